The van der Waals surface area contributed by atoms with Gasteiger partial charge in [0, 0.05) is 6.04 Å². The van der Waals surface area contributed by atoms with E-state index < -0.39 is 0 Å². The molecule has 0 aliphatic heterocycles. The lowest BCUT2D eigenvalue weighted by Crippen LogP contribution is -2.43. The van der Waals surface area contributed by atoms with Crippen molar-refractivity contribution < 1.29 is 9.53 Å². The topological polar surface area (TPSA) is 38.3 Å². The van der Waals surface area contributed by atoms with Crippen LogP contribution in [0.25, 0.3) is 0 Å². The molecule has 0 saturated heterocycles. The summed E-state index contributed by atoms with van der Waals surface area (Å²) in [6, 6.07) is 6.33. The Bertz CT molecular complexity index is 450. The zero-order chi connectivity index (χ0) is 14.5. The van der Waals surface area contributed by atoms with E-state index in [0.29, 0.717) is 12.0 Å². The highest BCUT2D eigenvalue weighted by Gasteiger charge is 2.22. The van der Waals surface area contributed by atoms with Crippen LogP contribution in [0.3, 0.4) is 0 Å². The average Bonchev–Trinajstić information content (AvgIpc) is 2.41. The molecule has 1 aromatic carbocycles. The molecule has 1 amide bonds. The fourth-order valence-electron chi connectivity index (χ4n) is 2.94. The van der Waals surface area contributed by atoms with Gasteiger partial charge in [0.25, 0.3) is 5.91 Å². The molecule has 3 heteroatoms. The summed E-state index contributed by atoms with van der Waals surface area (Å²) in [5.41, 5.74) is 2.15. The highest BCUT2D eigenvalue weighted by atomic mass is 16.5. The first-order valence-electron chi connectivity index (χ1n) is 7.56. The van der Waals surface area contributed by atoms with Crippen LogP contribution in [0.4, 0.5) is 0 Å². The largest absolute Gasteiger partial charge is 0.483 e. The summed E-state index contributed by atoms with van der Waals surface area (Å²) >= 11 is 0. The van der Waals surface area contributed by atoms with Crippen LogP contribution >= 0.6 is 0 Å². The van der Waals surface area contributed by atoms with Crippen LogP contribution in [0.1, 0.15) is 43.7 Å². The molecule has 0 radical (unpaired) electrons. The van der Waals surface area contributed by atoms with Crippen LogP contribution in [-0.2, 0) is 4.79 Å². The van der Waals surface area contributed by atoms with Crippen molar-refractivity contribution in [3.05, 3.63) is 29.3 Å². The Morgan fingerprint density at radius 2 is 1.90 bits per heavy atom. The first-order valence-corrected chi connectivity index (χ1v) is 7.56. The van der Waals surface area contributed by atoms with E-state index >= 15 is 0 Å². The van der Waals surface area contributed by atoms with Gasteiger partial charge in [0.1, 0.15) is 5.75 Å². The summed E-state index contributed by atoms with van der Waals surface area (Å²) in [4.78, 5) is 12.0. The molecule has 1 N–H and O–H groups in total. The Kier molecular flexibility index (Phi) is 5.05. The molecule has 20 heavy (non-hydrogen) atoms. The fraction of sp³-hybridized carbons (Fsp3) is 0.588. The molecule has 2 rings (SSSR count). The minimum absolute atomic E-state index is 0.00796. The second kappa shape index (κ2) is 6.78. The molecule has 0 unspecified atom stereocenters. The first-order chi connectivity index (χ1) is 9.58. The Morgan fingerprint density at radius 1 is 1.25 bits per heavy atom. The van der Waals surface area contributed by atoms with Gasteiger partial charge in [-0.25, -0.2) is 0 Å². The number of nitrogens with one attached hydrogen (secondary N) is 1. The molecule has 1 fully saturated rings. The molecule has 0 bridgehead atoms. The van der Waals surface area contributed by atoms with Crippen LogP contribution in [0.15, 0.2) is 18.2 Å². The second-order valence-electron chi connectivity index (χ2n) is 5.95. The zero-order valence-electron chi connectivity index (χ0n) is 12.7. The molecule has 2 atom stereocenters. The Morgan fingerprint density at radius 3 is 2.55 bits per heavy atom. The number of ether oxygens (including phenoxy) is 1. The third kappa shape index (κ3) is 3.75. The summed E-state index contributed by atoms with van der Waals surface area (Å²) in [7, 11) is 0. The number of hydrogen-bond donors (Lipinski definition) is 1. The van der Waals surface area contributed by atoms with Crippen LogP contribution in [0.5, 0.6) is 5.75 Å². The van der Waals surface area contributed by atoms with Crippen LogP contribution in [-0.4, -0.2) is 18.6 Å². The van der Waals surface area contributed by atoms with Gasteiger partial charge in [-0.05, 0) is 43.7 Å². The van der Waals surface area contributed by atoms with E-state index in [2.05, 4.69) is 12.2 Å². The molecule has 1 aliphatic rings. The van der Waals surface area contributed by atoms with E-state index in [9.17, 15) is 4.79 Å². The summed E-state index contributed by atoms with van der Waals surface area (Å²) in [5.74, 6) is 1.40. The Hall–Kier alpha value is -1.51. The molecule has 1 saturated carbocycles. The number of benzene rings is 1. The van der Waals surface area contributed by atoms with Gasteiger partial charge >= 0.3 is 0 Å². The third-order valence-corrected chi connectivity index (χ3v) is 4.21. The van der Waals surface area contributed by atoms with Gasteiger partial charge in [-0.2, -0.15) is 0 Å². The van der Waals surface area contributed by atoms with Gasteiger partial charge in [0.15, 0.2) is 6.61 Å². The lowest BCUT2D eigenvalue weighted by Gasteiger charge is -2.29. The standard InChI is InChI=1S/C17H25NO2/c1-12-7-4-5-10-15(12)18-16(19)11-20-17-13(2)8-6-9-14(17)3/h6,8-9,12,15H,4-5,7,10-11H2,1-3H3,(H,18,19)/t12-,15-/m1/s1. The molecule has 0 spiro atoms. The van der Waals surface area contributed by atoms with Crippen LogP contribution in [0, 0.1) is 19.8 Å². The molecular weight excluding hydrogens is 250 g/mol. The smallest absolute Gasteiger partial charge is 0.258 e. The van der Waals surface area contributed by atoms with E-state index in [1.165, 1.54) is 19.3 Å². The number of amides is 1. The summed E-state index contributed by atoms with van der Waals surface area (Å²) in [6.45, 7) is 6.33. The predicted molar refractivity (Wildman–Crippen MR) is 81.0 cm³/mol. The SMILES string of the molecule is Cc1cccc(C)c1OCC(=O)N[C@@H]1CCCC[C@H]1C. The highest BCUT2D eigenvalue weighted by Crippen LogP contribution is 2.24. The Labute approximate surface area is 121 Å². The number of carbonyl (C=O) groups is 1. The van der Waals surface area contributed by atoms with Gasteiger partial charge in [-0.3, -0.25) is 4.79 Å². The zero-order valence-corrected chi connectivity index (χ0v) is 12.7. The minimum Gasteiger partial charge on any atom is -0.483 e. The molecule has 3 nitrogen and oxygen atoms in total. The number of hydrogen-bond acceptors (Lipinski definition) is 2. The van der Waals surface area contributed by atoms with Gasteiger partial charge in [0.05, 0.1) is 0 Å². The van der Waals surface area contributed by atoms with Crippen molar-refractivity contribution in [2.45, 2.75) is 52.5 Å². The summed E-state index contributed by atoms with van der Waals surface area (Å²) in [5, 5.41) is 3.11. The van der Waals surface area contributed by atoms with Crippen molar-refractivity contribution in [1.82, 2.24) is 5.32 Å². The third-order valence-electron chi connectivity index (χ3n) is 4.21. The summed E-state index contributed by atoms with van der Waals surface area (Å²) in [6.07, 6.45) is 4.80. The number of para-hydroxylation sites is 1. The quantitative estimate of drug-likeness (QED) is 0.915. The first kappa shape index (κ1) is 14.9. The lowest BCUT2D eigenvalue weighted by molar-refractivity contribution is -0.124. The average molecular weight is 275 g/mol. The van der Waals surface area contributed by atoms with E-state index in [1.807, 2.05) is 32.0 Å². The van der Waals surface area contributed by atoms with Crippen molar-refractivity contribution in [3.8, 4) is 5.75 Å². The monoisotopic (exact) mass is 275 g/mol. The molecule has 0 aromatic heterocycles. The molecule has 1 aliphatic carbocycles. The maximum absolute atomic E-state index is 12.0. The van der Waals surface area contributed by atoms with Crippen LogP contribution < -0.4 is 10.1 Å². The van der Waals surface area contributed by atoms with Crippen molar-refractivity contribution in [3.63, 3.8) is 0 Å². The van der Waals surface area contributed by atoms with Gasteiger partial charge in [-0.1, -0.05) is 38.0 Å². The molecule has 1 aromatic rings. The van der Waals surface area contributed by atoms with E-state index in [4.69, 9.17) is 4.74 Å². The fourth-order valence-corrected chi connectivity index (χ4v) is 2.94. The van der Waals surface area contributed by atoms with Crippen LogP contribution in [0.2, 0.25) is 0 Å². The van der Waals surface area contributed by atoms with Crippen molar-refractivity contribution >= 4 is 5.91 Å². The van der Waals surface area contributed by atoms with Gasteiger partial charge < -0.3 is 10.1 Å². The Balaban J connectivity index is 1.86. The maximum atomic E-state index is 12.0. The van der Waals surface area contributed by atoms with Crippen molar-refractivity contribution in [2.24, 2.45) is 5.92 Å². The highest BCUT2D eigenvalue weighted by molar-refractivity contribution is 5.78. The van der Waals surface area contributed by atoms with Gasteiger partial charge in [0.2, 0.25) is 0 Å². The molecular formula is C17H25NO2. The predicted octanol–water partition coefficient (Wildman–Crippen LogP) is 3.38. The van der Waals surface area contributed by atoms with E-state index in [-0.39, 0.29) is 12.5 Å². The number of carbonyl (C=O) groups excluding carboxylic acids is 1. The van der Waals surface area contributed by atoms with E-state index in [0.717, 1.165) is 23.3 Å². The summed E-state index contributed by atoms with van der Waals surface area (Å²) < 4.78 is 5.69. The molecule has 0 heterocycles. The molecule has 110 valence electrons. The normalized spacial score (nSPS) is 22.4. The maximum Gasteiger partial charge on any atom is 0.258 e. The van der Waals surface area contributed by atoms with Gasteiger partial charge in [-0.15, -0.1) is 0 Å². The minimum atomic E-state index is -0.00796. The van der Waals surface area contributed by atoms with Crippen molar-refractivity contribution in [2.75, 3.05) is 6.61 Å². The lowest BCUT2D eigenvalue weighted by atomic mass is 9.86. The number of aryl methyl sites for hydroxylation is 2. The van der Waals surface area contributed by atoms with E-state index in [1.54, 1.807) is 0 Å². The number of rotatable bonds is 4. The second-order valence-corrected chi connectivity index (χ2v) is 5.95. The van der Waals surface area contributed by atoms with Crippen molar-refractivity contribution in [1.29, 1.82) is 0 Å².